The number of hydrogen-bond donors (Lipinski definition) is 1. The molecule has 6 heteroatoms. The molecular weight excluding hydrogens is 352 g/mol. The van der Waals surface area contributed by atoms with Crippen molar-refractivity contribution >= 4 is 0 Å². The number of ether oxygens (including phenoxy) is 1. The van der Waals surface area contributed by atoms with E-state index in [1.54, 1.807) is 0 Å². The summed E-state index contributed by atoms with van der Waals surface area (Å²) in [6.45, 7) is 6.30. The van der Waals surface area contributed by atoms with Crippen LogP contribution < -0.4 is 4.74 Å². The standard InChI is InChI=1S/C22H34N4O2/c1-4-26-12-8-9-18(22(26)19-13-23-25(3)15-19)14-24(2)16-20(27)17-28-21-10-6-5-7-11-21/h5-7,10-11,13,15,18,20,22,27H,4,8-9,12,14,16-17H2,1-3H3/t18-,20-,22+/m0/s1. The zero-order chi connectivity index (χ0) is 19.9. The van der Waals surface area contributed by atoms with Crippen LogP contribution in [0.2, 0.25) is 0 Å². The molecule has 2 heterocycles. The molecule has 0 radical (unpaired) electrons. The van der Waals surface area contributed by atoms with Crippen molar-refractivity contribution in [2.45, 2.75) is 31.9 Å². The van der Waals surface area contributed by atoms with Gasteiger partial charge < -0.3 is 14.7 Å². The lowest BCUT2D eigenvalue weighted by molar-refractivity contribution is 0.0454. The van der Waals surface area contributed by atoms with Gasteiger partial charge in [-0.05, 0) is 51.0 Å². The number of nitrogens with zero attached hydrogens (tertiary/aromatic N) is 4. The molecule has 1 saturated heterocycles. The van der Waals surface area contributed by atoms with Gasteiger partial charge >= 0.3 is 0 Å². The van der Waals surface area contributed by atoms with E-state index in [0.717, 1.165) is 25.4 Å². The fourth-order valence-corrected chi connectivity index (χ4v) is 4.37. The van der Waals surface area contributed by atoms with Crippen LogP contribution in [0.5, 0.6) is 5.75 Å². The summed E-state index contributed by atoms with van der Waals surface area (Å²) in [5.41, 5.74) is 1.30. The summed E-state index contributed by atoms with van der Waals surface area (Å²) >= 11 is 0. The SMILES string of the molecule is CCN1CCC[C@@H](CN(C)C[C@H](O)COc2ccccc2)[C@@H]1c1cnn(C)c1. The second kappa shape index (κ2) is 10.0. The van der Waals surface area contributed by atoms with E-state index in [2.05, 4.69) is 35.1 Å². The number of aromatic nitrogens is 2. The molecule has 1 N–H and O–H groups in total. The smallest absolute Gasteiger partial charge is 0.119 e. The summed E-state index contributed by atoms with van der Waals surface area (Å²) in [4.78, 5) is 4.81. The number of aliphatic hydroxyl groups excluding tert-OH is 1. The number of aliphatic hydroxyl groups is 1. The first-order valence-corrected chi connectivity index (χ1v) is 10.3. The molecule has 0 amide bonds. The van der Waals surface area contributed by atoms with Gasteiger partial charge in [-0.15, -0.1) is 0 Å². The van der Waals surface area contributed by atoms with Gasteiger partial charge in [0.05, 0.1) is 6.20 Å². The van der Waals surface area contributed by atoms with Gasteiger partial charge in [0.2, 0.25) is 0 Å². The number of hydrogen-bond acceptors (Lipinski definition) is 5. The Morgan fingerprint density at radius 3 is 2.79 bits per heavy atom. The van der Waals surface area contributed by atoms with Crippen molar-refractivity contribution in [3.8, 4) is 5.75 Å². The van der Waals surface area contributed by atoms with E-state index in [1.807, 2.05) is 48.3 Å². The average molecular weight is 387 g/mol. The van der Waals surface area contributed by atoms with Crippen LogP contribution in [-0.2, 0) is 7.05 Å². The quantitative estimate of drug-likeness (QED) is 0.718. The molecule has 1 aliphatic rings. The van der Waals surface area contributed by atoms with Crippen molar-refractivity contribution in [1.29, 1.82) is 0 Å². The number of likely N-dealkylation sites (tertiary alicyclic amines) is 1. The molecule has 2 aromatic rings. The minimum Gasteiger partial charge on any atom is -0.491 e. The van der Waals surface area contributed by atoms with Crippen molar-refractivity contribution in [3.63, 3.8) is 0 Å². The first-order chi connectivity index (χ1) is 13.6. The van der Waals surface area contributed by atoms with E-state index >= 15 is 0 Å². The zero-order valence-corrected chi connectivity index (χ0v) is 17.4. The molecule has 0 saturated carbocycles. The number of rotatable bonds is 9. The van der Waals surface area contributed by atoms with E-state index in [1.165, 1.54) is 18.4 Å². The average Bonchev–Trinajstić information content (AvgIpc) is 3.12. The molecule has 0 bridgehead atoms. The minimum atomic E-state index is -0.507. The van der Waals surface area contributed by atoms with Crippen LogP contribution in [0, 0.1) is 5.92 Å². The van der Waals surface area contributed by atoms with Crippen LogP contribution in [0.1, 0.15) is 31.4 Å². The van der Waals surface area contributed by atoms with Gasteiger partial charge in [0.15, 0.2) is 0 Å². The van der Waals surface area contributed by atoms with Gasteiger partial charge in [-0.3, -0.25) is 9.58 Å². The fraction of sp³-hybridized carbons (Fsp3) is 0.591. The van der Waals surface area contributed by atoms with E-state index < -0.39 is 6.10 Å². The maximum absolute atomic E-state index is 10.4. The molecule has 0 aliphatic carbocycles. The predicted octanol–water partition coefficient (Wildman–Crippen LogP) is 2.56. The number of aryl methyl sites for hydroxylation is 1. The van der Waals surface area contributed by atoms with E-state index in [4.69, 9.17) is 4.74 Å². The van der Waals surface area contributed by atoms with Crippen molar-refractivity contribution < 1.29 is 9.84 Å². The summed E-state index contributed by atoms with van der Waals surface area (Å²) in [6, 6.07) is 10.1. The molecule has 1 aliphatic heterocycles. The number of para-hydroxylation sites is 1. The van der Waals surface area contributed by atoms with Crippen LogP contribution in [-0.4, -0.2) is 70.6 Å². The summed E-state index contributed by atoms with van der Waals surface area (Å²) in [5, 5.41) is 14.8. The van der Waals surface area contributed by atoms with Crippen LogP contribution in [0.4, 0.5) is 0 Å². The Kier molecular flexibility index (Phi) is 7.48. The summed E-state index contributed by atoms with van der Waals surface area (Å²) in [5.74, 6) is 1.33. The normalized spacial score (nSPS) is 21.8. The van der Waals surface area contributed by atoms with E-state index in [-0.39, 0.29) is 0 Å². The topological polar surface area (TPSA) is 53.8 Å². The molecule has 1 aromatic heterocycles. The Morgan fingerprint density at radius 1 is 1.32 bits per heavy atom. The predicted molar refractivity (Wildman–Crippen MR) is 111 cm³/mol. The van der Waals surface area contributed by atoms with Gasteiger partial charge in [-0.2, -0.15) is 5.10 Å². The highest BCUT2D eigenvalue weighted by molar-refractivity contribution is 5.20. The van der Waals surface area contributed by atoms with Crippen molar-refractivity contribution in [3.05, 3.63) is 48.3 Å². The number of piperidine rings is 1. The lowest BCUT2D eigenvalue weighted by Gasteiger charge is -2.42. The highest BCUT2D eigenvalue weighted by atomic mass is 16.5. The second-order valence-electron chi connectivity index (χ2n) is 7.92. The molecule has 6 nitrogen and oxygen atoms in total. The third kappa shape index (κ3) is 5.56. The third-order valence-corrected chi connectivity index (χ3v) is 5.59. The van der Waals surface area contributed by atoms with Crippen LogP contribution in [0.15, 0.2) is 42.7 Å². The third-order valence-electron chi connectivity index (χ3n) is 5.59. The molecule has 3 atom stereocenters. The van der Waals surface area contributed by atoms with E-state index in [0.29, 0.717) is 25.1 Å². The molecule has 0 spiro atoms. The second-order valence-corrected chi connectivity index (χ2v) is 7.92. The minimum absolute atomic E-state index is 0.312. The monoisotopic (exact) mass is 386 g/mol. The Morgan fingerprint density at radius 2 is 2.11 bits per heavy atom. The van der Waals surface area contributed by atoms with Crippen LogP contribution >= 0.6 is 0 Å². The van der Waals surface area contributed by atoms with Crippen molar-refractivity contribution in [2.24, 2.45) is 13.0 Å². The molecule has 154 valence electrons. The molecule has 3 rings (SSSR count). The summed E-state index contributed by atoms with van der Waals surface area (Å²) in [7, 11) is 4.07. The zero-order valence-electron chi connectivity index (χ0n) is 17.4. The van der Waals surface area contributed by atoms with Crippen molar-refractivity contribution in [1.82, 2.24) is 19.6 Å². The largest absolute Gasteiger partial charge is 0.491 e. The van der Waals surface area contributed by atoms with Crippen LogP contribution in [0.3, 0.4) is 0 Å². The highest BCUT2D eigenvalue weighted by Gasteiger charge is 2.33. The van der Waals surface area contributed by atoms with Gasteiger partial charge in [0, 0.05) is 37.9 Å². The van der Waals surface area contributed by atoms with Gasteiger partial charge in [-0.25, -0.2) is 0 Å². The molecule has 0 unspecified atom stereocenters. The Labute approximate surface area is 168 Å². The summed E-state index contributed by atoms with van der Waals surface area (Å²) in [6.07, 6.45) is 6.08. The maximum Gasteiger partial charge on any atom is 0.119 e. The van der Waals surface area contributed by atoms with Gasteiger partial charge in [-0.1, -0.05) is 25.1 Å². The fourth-order valence-electron chi connectivity index (χ4n) is 4.37. The summed E-state index contributed by atoms with van der Waals surface area (Å²) < 4.78 is 7.58. The first-order valence-electron chi connectivity index (χ1n) is 10.3. The van der Waals surface area contributed by atoms with E-state index in [9.17, 15) is 5.11 Å². The molecule has 1 fully saturated rings. The first kappa shape index (κ1) is 20.8. The lowest BCUT2D eigenvalue weighted by atomic mass is 9.85. The van der Waals surface area contributed by atoms with Crippen LogP contribution in [0.25, 0.3) is 0 Å². The number of likely N-dealkylation sites (N-methyl/N-ethyl adjacent to an activating group) is 1. The van der Waals surface area contributed by atoms with Gasteiger partial charge in [0.1, 0.15) is 18.5 Å². The number of benzene rings is 1. The van der Waals surface area contributed by atoms with Gasteiger partial charge in [0.25, 0.3) is 0 Å². The molecule has 28 heavy (non-hydrogen) atoms. The lowest BCUT2D eigenvalue weighted by Crippen LogP contribution is -2.44. The maximum atomic E-state index is 10.4. The van der Waals surface area contributed by atoms with Crippen molar-refractivity contribution in [2.75, 3.05) is 39.8 Å². The Bertz CT molecular complexity index is 706. The molecule has 1 aromatic carbocycles. The Hall–Kier alpha value is -1.89. The Balaban J connectivity index is 1.55. The molecular formula is C22H34N4O2. The highest BCUT2D eigenvalue weighted by Crippen LogP contribution is 2.36.